The van der Waals surface area contributed by atoms with E-state index in [1.54, 1.807) is 0 Å². The standard InChI is InChI=1S/C15H16ClN/c1-2-12-5-9-15(10-6-12)17-11-13-3-7-14(16)8-4-13/h3-10,17H,2,11H2,1H3. The normalized spacial score (nSPS) is 10.2. The molecule has 17 heavy (non-hydrogen) atoms. The molecule has 2 aromatic rings. The van der Waals surface area contributed by atoms with Gasteiger partial charge in [-0.1, -0.05) is 42.8 Å². The average Bonchev–Trinajstić information content (AvgIpc) is 2.39. The molecule has 2 rings (SSSR count). The summed E-state index contributed by atoms with van der Waals surface area (Å²) in [6, 6.07) is 16.5. The van der Waals surface area contributed by atoms with Crippen molar-refractivity contribution in [3.63, 3.8) is 0 Å². The van der Waals surface area contributed by atoms with E-state index in [1.807, 2.05) is 24.3 Å². The number of benzene rings is 2. The molecule has 0 aliphatic carbocycles. The molecule has 0 bridgehead atoms. The average molecular weight is 246 g/mol. The summed E-state index contributed by atoms with van der Waals surface area (Å²) in [5.41, 5.74) is 3.74. The van der Waals surface area contributed by atoms with E-state index in [2.05, 4.69) is 36.5 Å². The molecule has 0 atom stereocenters. The zero-order chi connectivity index (χ0) is 12.1. The van der Waals surface area contributed by atoms with E-state index in [1.165, 1.54) is 11.1 Å². The highest BCUT2D eigenvalue weighted by Gasteiger charge is 1.95. The first-order valence-corrected chi connectivity index (χ1v) is 6.23. The predicted octanol–water partition coefficient (Wildman–Crippen LogP) is 4.51. The Bertz CT molecular complexity index is 459. The van der Waals surface area contributed by atoms with Crippen molar-refractivity contribution in [2.45, 2.75) is 19.9 Å². The summed E-state index contributed by atoms with van der Waals surface area (Å²) in [7, 11) is 0. The number of rotatable bonds is 4. The number of halogens is 1. The molecule has 0 fully saturated rings. The lowest BCUT2D eigenvalue weighted by Gasteiger charge is -2.07. The molecule has 0 saturated carbocycles. The van der Waals surface area contributed by atoms with Crippen LogP contribution in [0.5, 0.6) is 0 Å². The third kappa shape index (κ3) is 3.50. The van der Waals surface area contributed by atoms with Crippen molar-refractivity contribution < 1.29 is 0 Å². The zero-order valence-electron chi connectivity index (χ0n) is 9.91. The summed E-state index contributed by atoms with van der Waals surface area (Å²) in [6.07, 6.45) is 1.08. The maximum absolute atomic E-state index is 5.84. The lowest BCUT2D eigenvalue weighted by molar-refractivity contribution is 1.12. The maximum Gasteiger partial charge on any atom is 0.0406 e. The second kappa shape index (κ2) is 5.74. The lowest BCUT2D eigenvalue weighted by Crippen LogP contribution is -1.98. The summed E-state index contributed by atoms with van der Waals surface area (Å²) in [5.74, 6) is 0. The summed E-state index contributed by atoms with van der Waals surface area (Å²) < 4.78 is 0. The van der Waals surface area contributed by atoms with Crippen LogP contribution in [0.1, 0.15) is 18.1 Å². The third-order valence-corrected chi connectivity index (χ3v) is 3.02. The van der Waals surface area contributed by atoms with Gasteiger partial charge in [0.2, 0.25) is 0 Å². The summed E-state index contributed by atoms with van der Waals surface area (Å²) in [5, 5.41) is 4.17. The van der Waals surface area contributed by atoms with E-state index in [0.717, 1.165) is 23.7 Å². The first-order chi connectivity index (χ1) is 8.28. The molecular weight excluding hydrogens is 230 g/mol. The first-order valence-electron chi connectivity index (χ1n) is 5.85. The monoisotopic (exact) mass is 245 g/mol. The fourth-order valence-corrected chi connectivity index (χ4v) is 1.79. The summed E-state index contributed by atoms with van der Waals surface area (Å²) >= 11 is 5.84. The highest BCUT2D eigenvalue weighted by Crippen LogP contribution is 2.13. The van der Waals surface area contributed by atoms with Gasteiger partial charge in [0.25, 0.3) is 0 Å². The fourth-order valence-electron chi connectivity index (χ4n) is 1.66. The molecule has 0 amide bonds. The van der Waals surface area contributed by atoms with Gasteiger partial charge in [-0.25, -0.2) is 0 Å². The molecule has 88 valence electrons. The molecule has 0 aromatic heterocycles. The molecule has 2 heteroatoms. The number of aryl methyl sites for hydroxylation is 1. The van der Waals surface area contributed by atoms with Crippen molar-refractivity contribution >= 4 is 17.3 Å². The molecule has 0 unspecified atom stereocenters. The van der Waals surface area contributed by atoms with Crippen molar-refractivity contribution in [3.05, 3.63) is 64.7 Å². The van der Waals surface area contributed by atoms with Crippen LogP contribution < -0.4 is 5.32 Å². The second-order valence-electron chi connectivity index (χ2n) is 4.03. The Balaban J connectivity index is 1.95. The third-order valence-electron chi connectivity index (χ3n) is 2.77. The Kier molecular flexibility index (Phi) is 4.05. The molecule has 0 saturated heterocycles. The Labute approximate surface area is 107 Å². The minimum atomic E-state index is 0.779. The summed E-state index contributed by atoms with van der Waals surface area (Å²) in [4.78, 5) is 0. The van der Waals surface area contributed by atoms with Crippen molar-refractivity contribution in [2.75, 3.05) is 5.32 Å². The largest absolute Gasteiger partial charge is 0.381 e. The van der Waals surface area contributed by atoms with Gasteiger partial charge >= 0.3 is 0 Å². The van der Waals surface area contributed by atoms with Gasteiger partial charge in [0, 0.05) is 17.3 Å². The van der Waals surface area contributed by atoms with E-state index in [0.29, 0.717) is 0 Å². The van der Waals surface area contributed by atoms with Gasteiger partial charge in [0.15, 0.2) is 0 Å². The first kappa shape index (κ1) is 12.0. The highest BCUT2D eigenvalue weighted by atomic mass is 35.5. The Morgan fingerprint density at radius 2 is 1.47 bits per heavy atom. The molecular formula is C15H16ClN. The van der Waals surface area contributed by atoms with Crippen LogP contribution in [-0.2, 0) is 13.0 Å². The van der Waals surface area contributed by atoms with Crippen molar-refractivity contribution in [2.24, 2.45) is 0 Å². The molecule has 0 radical (unpaired) electrons. The summed E-state index contributed by atoms with van der Waals surface area (Å²) in [6.45, 7) is 2.98. The van der Waals surface area contributed by atoms with Gasteiger partial charge < -0.3 is 5.32 Å². The van der Waals surface area contributed by atoms with Crippen LogP contribution in [0, 0.1) is 0 Å². The lowest BCUT2D eigenvalue weighted by atomic mass is 10.1. The number of anilines is 1. The van der Waals surface area contributed by atoms with Crippen molar-refractivity contribution in [1.29, 1.82) is 0 Å². The van der Waals surface area contributed by atoms with Gasteiger partial charge in [-0.2, -0.15) is 0 Å². The van der Waals surface area contributed by atoms with Gasteiger partial charge in [-0.3, -0.25) is 0 Å². The van der Waals surface area contributed by atoms with Crippen LogP contribution in [0.15, 0.2) is 48.5 Å². The smallest absolute Gasteiger partial charge is 0.0406 e. The maximum atomic E-state index is 5.84. The van der Waals surface area contributed by atoms with Crippen molar-refractivity contribution in [1.82, 2.24) is 0 Å². The van der Waals surface area contributed by atoms with Crippen LogP contribution in [-0.4, -0.2) is 0 Å². The molecule has 1 N–H and O–H groups in total. The van der Waals surface area contributed by atoms with Crippen LogP contribution in [0.4, 0.5) is 5.69 Å². The van der Waals surface area contributed by atoms with E-state index in [-0.39, 0.29) is 0 Å². The Morgan fingerprint density at radius 1 is 0.882 bits per heavy atom. The molecule has 2 aromatic carbocycles. The number of hydrogen-bond donors (Lipinski definition) is 1. The Hall–Kier alpha value is -1.47. The molecule has 0 aliphatic heterocycles. The van der Waals surface area contributed by atoms with Crippen LogP contribution in [0.3, 0.4) is 0 Å². The highest BCUT2D eigenvalue weighted by molar-refractivity contribution is 6.30. The van der Waals surface area contributed by atoms with E-state index >= 15 is 0 Å². The Morgan fingerprint density at radius 3 is 2.06 bits per heavy atom. The zero-order valence-corrected chi connectivity index (χ0v) is 10.7. The van der Waals surface area contributed by atoms with Gasteiger partial charge in [-0.05, 0) is 41.8 Å². The van der Waals surface area contributed by atoms with Crippen LogP contribution in [0.2, 0.25) is 5.02 Å². The minimum absolute atomic E-state index is 0.779. The van der Waals surface area contributed by atoms with E-state index in [4.69, 9.17) is 11.6 Å². The van der Waals surface area contributed by atoms with Gasteiger partial charge in [0.05, 0.1) is 0 Å². The molecule has 0 spiro atoms. The predicted molar refractivity (Wildman–Crippen MR) is 74.6 cm³/mol. The van der Waals surface area contributed by atoms with E-state index < -0.39 is 0 Å². The van der Waals surface area contributed by atoms with Crippen LogP contribution in [0.25, 0.3) is 0 Å². The number of nitrogens with one attached hydrogen (secondary N) is 1. The fraction of sp³-hybridized carbons (Fsp3) is 0.200. The van der Waals surface area contributed by atoms with Gasteiger partial charge in [-0.15, -0.1) is 0 Å². The van der Waals surface area contributed by atoms with Gasteiger partial charge in [0.1, 0.15) is 0 Å². The van der Waals surface area contributed by atoms with Crippen molar-refractivity contribution in [3.8, 4) is 0 Å². The minimum Gasteiger partial charge on any atom is -0.381 e. The van der Waals surface area contributed by atoms with Crippen LogP contribution >= 0.6 is 11.6 Å². The van der Waals surface area contributed by atoms with E-state index in [9.17, 15) is 0 Å². The second-order valence-corrected chi connectivity index (χ2v) is 4.47. The molecule has 0 aliphatic rings. The molecule has 1 nitrogen and oxygen atoms in total. The SMILES string of the molecule is CCc1ccc(NCc2ccc(Cl)cc2)cc1. The molecule has 0 heterocycles. The number of hydrogen-bond acceptors (Lipinski definition) is 1. The topological polar surface area (TPSA) is 12.0 Å². The quantitative estimate of drug-likeness (QED) is 0.836.